The fourth-order valence-corrected chi connectivity index (χ4v) is 5.89. The van der Waals surface area contributed by atoms with E-state index in [0.717, 1.165) is 6.26 Å². The molecule has 3 fully saturated rings. The molecule has 15 heteroatoms. The Morgan fingerprint density at radius 2 is 1.90 bits per heavy atom. The molecule has 0 spiro atoms. The Kier molecular flexibility index (Phi) is 6.96. The Hall–Kier alpha value is -3.65. The molecule has 2 saturated carbocycles. The summed E-state index contributed by atoms with van der Waals surface area (Å²) in [6.45, 7) is -0.459. The molecular formula is C27H28F6N6O3. The van der Waals surface area contributed by atoms with Crippen LogP contribution in [0.15, 0.2) is 29.1 Å². The third kappa shape index (κ3) is 5.69. The highest BCUT2D eigenvalue weighted by Gasteiger charge is 2.50. The molecule has 2 amide bonds. The number of imidazole rings is 1. The van der Waals surface area contributed by atoms with Crippen molar-refractivity contribution < 1.29 is 40.5 Å². The number of fused-ring (bicyclic) bond motifs is 1. The Balaban J connectivity index is 1.25. The molecule has 226 valence electrons. The van der Waals surface area contributed by atoms with Gasteiger partial charge in [0.1, 0.15) is 17.5 Å². The van der Waals surface area contributed by atoms with E-state index in [1.54, 1.807) is 12.1 Å². The molecule has 4 heterocycles. The summed E-state index contributed by atoms with van der Waals surface area (Å²) in [4.78, 5) is 30.1. The number of rotatable bonds is 7. The van der Waals surface area contributed by atoms with Crippen molar-refractivity contribution in [3.05, 3.63) is 47.2 Å². The van der Waals surface area contributed by atoms with Gasteiger partial charge in [-0.05, 0) is 50.2 Å². The summed E-state index contributed by atoms with van der Waals surface area (Å²) in [6.07, 6.45) is -2.35. The fraction of sp³-hybridized carbons (Fsp3) is 0.593. The van der Waals surface area contributed by atoms with Gasteiger partial charge in [-0.2, -0.15) is 18.3 Å². The van der Waals surface area contributed by atoms with E-state index in [0.29, 0.717) is 17.0 Å². The predicted molar refractivity (Wildman–Crippen MR) is 133 cm³/mol. The van der Waals surface area contributed by atoms with Crippen LogP contribution in [0.2, 0.25) is 0 Å². The van der Waals surface area contributed by atoms with Crippen LogP contribution in [0, 0.1) is 17.8 Å². The molecular weight excluding hydrogens is 570 g/mol. The van der Waals surface area contributed by atoms with Crippen molar-refractivity contribution in [1.82, 2.24) is 30.4 Å². The normalized spacial score (nSPS) is 24.8. The summed E-state index contributed by atoms with van der Waals surface area (Å²) in [7, 11) is 0. The maximum absolute atomic E-state index is 14.7. The summed E-state index contributed by atoms with van der Waals surface area (Å²) < 4.78 is 88.7. The highest BCUT2D eigenvalue weighted by Crippen LogP contribution is 2.50. The lowest BCUT2D eigenvalue weighted by Gasteiger charge is -2.33. The van der Waals surface area contributed by atoms with E-state index in [-0.39, 0.29) is 62.6 Å². The van der Waals surface area contributed by atoms with Gasteiger partial charge in [0.25, 0.3) is 5.91 Å². The highest BCUT2D eigenvalue weighted by molar-refractivity contribution is 5.95. The average molecular weight is 599 g/mol. The number of hydrogen-bond acceptors (Lipinski definition) is 6. The average Bonchev–Trinajstić information content (AvgIpc) is 3.31. The molecule has 9 nitrogen and oxygen atoms in total. The molecule has 3 aromatic heterocycles. The van der Waals surface area contributed by atoms with Crippen LogP contribution in [0.4, 0.5) is 26.3 Å². The number of carbonyl (C=O) groups is 2. The maximum atomic E-state index is 14.7. The summed E-state index contributed by atoms with van der Waals surface area (Å²) in [5, 5.41) is 13.2. The molecule has 42 heavy (non-hydrogen) atoms. The van der Waals surface area contributed by atoms with Gasteiger partial charge in [0.15, 0.2) is 11.3 Å². The third-order valence-electron chi connectivity index (χ3n) is 8.54. The van der Waals surface area contributed by atoms with Gasteiger partial charge in [-0.25, -0.2) is 22.7 Å². The molecule has 6 rings (SSSR count). The van der Waals surface area contributed by atoms with E-state index in [2.05, 4.69) is 25.9 Å². The Morgan fingerprint density at radius 1 is 1.17 bits per heavy atom. The van der Waals surface area contributed by atoms with Gasteiger partial charge in [-0.3, -0.25) is 9.59 Å². The molecule has 0 radical (unpaired) electrons. The van der Waals surface area contributed by atoms with Gasteiger partial charge in [0, 0.05) is 31.7 Å². The van der Waals surface area contributed by atoms with Crippen LogP contribution < -0.4 is 10.6 Å². The summed E-state index contributed by atoms with van der Waals surface area (Å²) in [5.41, 5.74) is -0.875. The number of nitrogens with one attached hydrogen (secondary N) is 2. The lowest BCUT2D eigenvalue weighted by atomic mass is 9.81. The van der Waals surface area contributed by atoms with Crippen LogP contribution in [0.1, 0.15) is 78.4 Å². The first-order valence-electron chi connectivity index (χ1n) is 13.8. The van der Waals surface area contributed by atoms with Crippen molar-refractivity contribution in [2.75, 3.05) is 6.54 Å². The Morgan fingerprint density at radius 3 is 2.60 bits per heavy atom. The molecule has 3 aromatic rings. The number of aromatic nitrogens is 4. The Labute approximate surface area is 235 Å². The SMILES string of the molecule is O=C(NC(c1cn2nc(CC3C[C@@H](C(F)(F)F)CNC3=O)ccc2n1)C1CCC(F)(F)CC1)c1conc1C1(F)CC1. The predicted octanol–water partition coefficient (Wildman–Crippen LogP) is 4.83. The smallest absolute Gasteiger partial charge is 0.364 e. The van der Waals surface area contributed by atoms with Crippen LogP contribution in [0.5, 0.6) is 0 Å². The lowest BCUT2D eigenvalue weighted by Crippen LogP contribution is -2.47. The van der Waals surface area contributed by atoms with Crippen molar-refractivity contribution in [3.8, 4) is 0 Å². The highest BCUT2D eigenvalue weighted by atomic mass is 19.4. The number of nitrogens with zero attached hydrogens (tertiary/aromatic N) is 4. The van der Waals surface area contributed by atoms with E-state index in [9.17, 15) is 35.9 Å². The van der Waals surface area contributed by atoms with Crippen LogP contribution in [0.25, 0.3) is 5.65 Å². The van der Waals surface area contributed by atoms with Crippen molar-refractivity contribution >= 4 is 17.5 Å². The van der Waals surface area contributed by atoms with Crippen LogP contribution >= 0.6 is 0 Å². The number of amides is 2. The molecule has 2 aliphatic carbocycles. The first-order chi connectivity index (χ1) is 19.8. The second-order valence-corrected chi connectivity index (χ2v) is 11.6. The standard InChI is InChI=1S/C27H28F6N6O3/c28-25(7-8-25)22-18(13-42-38-22)24(41)36-21(14-3-5-26(29,30)6-4-14)19-12-39-20(35-19)2-1-17(37-39)10-15-9-16(27(31,32)33)11-34-23(15)40/h1-2,12-16,21H,3-11H2,(H,34,40)(H,36,41)/t15?,16-,21?/m1/s1. The molecule has 2 N–H and O–H groups in total. The first kappa shape index (κ1) is 28.5. The molecule has 3 atom stereocenters. The lowest BCUT2D eigenvalue weighted by molar-refractivity contribution is -0.183. The second kappa shape index (κ2) is 10.3. The summed E-state index contributed by atoms with van der Waals surface area (Å²) in [5.74, 6) is -6.94. The van der Waals surface area contributed by atoms with Crippen molar-refractivity contribution in [3.63, 3.8) is 0 Å². The van der Waals surface area contributed by atoms with Gasteiger partial charge in [0.2, 0.25) is 11.8 Å². The van der Waals surface area contributed by atoms with Gasteiger partial charge in [-0.15, -0.1) is 0 Å². The van der Waals surface area contributed by atoms with E-state index in [1.807, 2.05) is 0 Å². The topological polar surface area (TPSA) is 114 Å². The minimum atomic E-state index is -4.43. The minimum absolute atomic E-state index is 0.0268. The molecule has 2 unspecified atom stereocenters. The molecule has 1 aliphatic heterocycles. The van der Waals surface area contributed by atoms with E-state index in [1.165, 1.54) is 10.7 Å². The van der Waals surface area contributed by atoms with Crippen molar-refractivity contribution in [2.24, 2.45) is 17.8 Å². The fourth-order valence-electron chi connectivity index (χ4n) is 5.89. The number of piperidine rings is 1. The Bertz CT molecular complexity index is 1490. The summed E-state index contributed by atoms with van der Waals surface area (Å²) >= 11 is 0. The zero-order valence-corrected chi connectivity index (χ0v) is 22.3. The van der Waals surface area contributed by atoms with E-state index >= 15 is 0 Å². The van der Waals surface area contributed by atoms with E-state index in [4.69, 9.17) is 4.52 Å². The maximum Gasteiger partial charge on any atom is 0.393 e. The monoisotopic (exact) mass is 598 g/mol. The molecule has 3 aliphatic rings. The number of hydrogen-bond donors (Lipinski definition) is 2. The largest absolute Gasteiger partial charge is 0.393 e. The number of carbonyl (C=O) groups excluding carboxylic acids is 2. The zero-order valence-electron chi connectivity index (χ0n) is 22.3. The minimum Gasteiger partial charge on any atom is -0.364 e. The van der Waals surface area contributed by atoms with Gasteiger partial charge >= 0.3 is 6.18 Å². The van der Waals surface area contributed by atoms with Crippen LogP contribution in [-0.2, 0) is 16.9 Å². The van der Waals surface area contributed by atoms with Crippen molar-refractivity contribution in [1.29, 1.82) is 0 Å². The zero-order chi connectivity index (χ0) is 29.9. The second-order valence-electron chi connectivity index (χ2n) is 11.6. The van der Waals surface area contributed by atoms with E-state index < -0.39 is 59.9 Å². The number of alkyl halides is 6. The number of halogens is 6. The van der Waals surface area contributed by atoms with Crippen LogP contribution in [-0.4, -0.2) is 50.2 Å². The van der Waals surface area contributed by atoms with Crippen LogP contribution in [0.3, 0.4) is 0 Å². The van der Waals surface area contributed by atoms with Gasteiger partial charge in [-0.1, -0.05) is 5.16 Å². The quantitative estimate of drug-likeness (QED) is 0.377. The summed E-state index contributed by atoms with van der Waals surface area (Å²) in [6, 6.07) is 2.32. The molecule has 0 aromatic carbocycles. The van der Waals surface area contributed by atoms with Gasteiger partial charge in [0.05, 0.1) is 29.5 Å². The molecule has 0 bridgehead atoms. The third-order valence-corrected chi connectivity index (χ3v) is 8.54. The van der Waals surface area contributed by atoms with Crippen molar-refractivity contribution in [2.45, 2.75) is 75.2 Å². The van der Waals surface area contributed by atoms with Gasteiger partial charge < -0.3 is 15.2 Å². The first-order valence-corrected chi connectivity index (χ1v) is 13.8. The molecule has 1 saturated heterocycles.